The third-order valence-electron chi connectivity index (χ3n) is 2.92. The van der Waals surface area contributed by atoms with Crippen LogP contribution in [0.1, 0.15) is 18.7 Å². The van der Waals surface area contributed by atoms with E-state index in [1.807, 2.05) is 6.92 Å². The van der Waals surface area contributed by atoms with Gasteiger partial charge in [-0.25, -0.2) is 9.18 Å². The molecule has 0 aliphatic rings. The van der Waals surface area contributed by atoms with Crippen LogP contribution in [0.2, 0.25) is 0 Å². The van der Waals surface area contributed by atoms with E-state index in [1.165, 1.54) is 13.2 Å². The van der Waals surface area contributed by atoms with Crippen LogP contribution in [0.5, 0.6) is 0 Å². The SMILES string of the molecule is CCn1c(C(O)C(=O)OC)cc2cccc(F)c21. The Morgan fingerprint density at radius 2 is 2.28 bits per heavy atom. The minimum absolute atomic E-state index is 0.337. The van der Waals surface area contributed by atoms with Crippen LogP contribution < -0.4 is 0 Å². The Morgan fingerprint density at radius 1 is 1.56 bits per heavy atom. The van der Waals surface area contributed by atoms with E-state index in [0.29, 0.717) is 23.1 Å². The quantitative estimate of drug-likeness (QED) is 0.849. The van der Waals surface area contributed by atoms with Gasteiger partial charge in [0.05, 0.1) is 18.3 Å². The summed E-state index contributed by atoms with van der Waals surface area (Å²) in [6, 6.07) is 6.27. The molecule has 1 aromatic carbocycles. The number of para-hydroxylation sites is 1. The third kappa shape index (κ3) is 1.86. The van der Waals surface area contributed by atoms with Gasteiger partial charge < -0.3 is 14.4 Å². The zero-order valence-corrected chi connectivity index (χ0v) is 10.2. The molecule has 0 saturated carbocycles. The maximum Gasteiger partial charge on any atom is 0.340 e. The standard InChI is InChI=1S/C13H14FNO3/c1-3-15-10(12(16)13(17)18-2)7-8-5-4-6-9(14)11(8)15/h4-7,12,16H,3H2,1-2H3. The molecule has 1 heterocycles. The number of nitrogens with zero attached hydrogens (tertiary/aromatic N) is 1. The number of carbonyl (C=O) groups excluding carboxylic acids is 1. The molecule has 1 unspecified atom stereocenters. The van der Waals surface area contributed by atoms with E-state index in [0.717, 1.165) is 0 Å². The summed E-state index contributed by atoms with van der Waals surface area (Å²) in [6.07, 6.45) is -1.40. The number of carbonyl (C=O) groups is 1. The number of aryl methyl sites for hydroxylation is 1. The normalized spacial score (nSPS) is 12.7. The van der Waals surface area contributed by atoms with Gasteiger partial charge >= 0.3 is 5.97 Å². The minimum atomic E-state index is -1.40. The summed E-state index contributed by atoms with van der Waals surface area (Å²) >= 11 is 0. The molecule has 96 valence electrons. The molecule has 1 atom stereocenters. The lowest BCUT2D eigenvalue weighted by Crippen LogP contribution is -2.17. The van der Waals surface area contributed by atoms with E-state index in [9.17, 15) is 14.3 Å². The second kappa shape index (κ2) is 4.78. The molecule has 0 aliphatic heterocycles. The number of fused-ring (bicyclic) bond motifs is 1. The second-order valence-electron chi connectivity index (χ2n) is 3.92. The Balaban J connectivity index is 2.65. The van der Waals surface area contributed by atoms with Crippen molar-refractivity contribution in [3.8, 4) is 0 Å². The molecular weight excluding hydrogens is 237 g/mol. The van der Waals surface area contributed by atoms with Crippen LogP contribution in [-0.4, -0.2) is 22.8 Å². The van der Waals surface area contributed by atoms with Crippen LogP contribution in [-0.2, 0) is 16.1 Å². The van der Waals surface area contributed by atoms with E-state index in [4.69, 9.17) is 0 Å². The van der Waals surface area contributed by atoms with Gasteiger partial charge in [-0.15, -0.1) is 0 Å². The molecule has 0 bridgehead atoms. The number of aliphatic hydroxyl groups is 1. The zero-order chi connectivity index (χ0) is 13.3. The minimum Gasteiger partial charge on any atom is -0.467 e. The van der Waals surface area contributed by atoms with Crippen LogP contribution in [0, 0.1) is 5.82 Å². The number of benzene rings is 1. The molecule has 1 aromatic heterocycles. The van der Waals surface area contributed by atoms with Crippen LogP contribution in [0.25, 0.3) is 10.9 Å². The molecule has 0 fully saturated rings. The summed E-state index contributed by atoms with van der Waals surface area (Å²) in [5.74, 6) is -1.13. The first-order valence-electron chi connectivity index (χ1n) is 5.63. The highest BCUT2D eigenvalue weighted by atomic mass is 19.1. The number of methoxy groups -OCH3 is 1. The lowest BCUT2D eigenvalue weighted by molar-refractivity contribution is -0.151. The molecule has 1 N–H and O–H groups in total. The fraction of sp³-hybridized carbons (Fsp3) is 0.308. The number of ether oxygens (including phenoxy) is 1. The fourth-order valence-corrected chi connectivity index (χ4v) is 2.10. The number of aliphatic hydroxyl groups excluding tert-OH is 1. The summed E-state index contributed by atoms with van der Waals surface area (Å²) in [6.45, 7) is 2.27. The summed E-state index contributed by atoms with van der Waals surface area (Å²) < 4.78 is 19.8. The molecule has 0 saturated heterocycles. The first kappa shape index (κ1) is 12.6. The Hall–Kier alpha value is -1.88. The number of rotatable bonds is 3. The van der Waals surface area contributed by atoms with Gasteiger partial charge in [0.2, 0.25) is 0 Å². The van der Waals surface area contributed by atoms with Gasteiger partial charge in [0, 0.05) is 11.9 Å². The smallest absolute Gasteiger partial charge is 0.340 e. The lowest BCUT2D eigenvalue weighted by Gasteiger charge is -2.12. The van der Waals surface area contributed by atoms with Gasteiger partial charge in [-0.1, -0.05) is 12.1 Å². The second-order valence-corrected chi connectivity index (χ2v) is 3.92. The molecule has 18 heavy (non-hydrogen) atoms. The average Bonchev–Trinajstić information content (AvgIpc) is 2.76. The topological polar surface area (TPSA) is 51.5 Å². The predicted molar refractivity (Wildman–Crippen MR) is 64.5 cm³/mol. The first-order chi connectivity index (χ1) is 8.60. The van der Waals surface area contributed by atoms with Gasteiger partial charge in [-0.3, -0.25) is 0 Å². The molecule has 0 amide bonds. The van der Waals surface area contributed by atoms with E-state index in [1.54, 1.807) is 22.8 Å². The Labute approximate surface area is 104 Å². The van der Waals surface area contributed by atoms with E-state index in [-0.39, 0.29) is 5.82 Å². The van der Waals surface area contributed by atoms with E-state index in [2.05, 4.69) is 4.74 Å². The molecule has 0 aliphatic carbocycles. The average molecular weight is 251 g/mol. The maximum absolute atomic E-state index is 13.8. The van der Waals surface area contributed by atoms with Gasteiger partial charge in [-0.2, -0.15) is 0 Å². The van der Waals surface area contributed by atoms with Crippen molar-refractivity contribution >= 4 is 16.9 Å². The number of hydrogen-bond donors (Lipinski definition) is 1. The summed E-state index contributed by atoms with van der Waals surface area (Å²) in [5.41, 5.74) is 0.724. The van der Waals surface area contributed by atoms with Crippen LogP contribution >= 0.6 is 0 Å². The molecular formula is C13H14FNO3. The van der Waals surface area contributed by atoms with Crippen molar-refractivity contribution < 1.29 is 19.0 Å². The summed E-state index contributed by atoms with van der Waals surface area (Å²) in [7, 11) is 1.20. The highest BCUT2D eigenvalue weighted by Gasteiger charge is 2.23. The largest absolute Gasteiger partial charge is 0.467 e. The van der Waals surface area contributed by atoms with E-state index < -0.39 is 12.1 Å². The van der Waals surface area contributed by atoms with Crippen molar-refractivity contribution in [1.29, 1.82) is 0 Å². The fourth-order valence-electron chi connectivity index (χ4n) is 2.10. The molecule has 0 radical (unpaired) electrons. The molecule has 0 spiro atoms. The van der Waals surface area contributed by atoms with Gasteiger partial charge in [0.15, 0.2) is 6.10 Å². The molecule has 2 aromatic rings. The van der Waals surface area contributed by atoms with Crippen molar-refractivity contribution in [2.45, 2.75) is 19.6 Å². The van der Waals surface area contributed by atoms with Crippen molar-refractivity contribution in [3.05, 3.63) is 35.8 Å². The summed E-state index contributed by atoms with van der Waals surface area (Å²) in [5, 5.41) is 10.5. The third-order valence-corrected chi connectivity index (χ3v) is 2.92. The summed E-state index contributed by atoms with van der Waals surface area (Å²) in [4.78, 5) is 11.4. The molecule has 4 nitrogen and oxygen atoms in total. The van der Waals surface area contributed by atoms with Crippen molar-refractivity contribution in [2.24, 2.45) is 0 Å². The van der Waals surface area contributed by atoms with Gasteiger partial charge in [0.1, 0.15) is 5.82 Å². The van der Waals surface area contributed by atoms with Gasteiger partial charge in [0.25, 0.3) is 0 Å². The number of esters is 1. The van der Waals surface area contributed by atoms with Crippen molar-refractivity contribution in [1.82, 2.24) is 4.57 Å². The van der Waals surface area contributed by atoms with Crippen molar-refractivity contribution in [2.75, 3.05) is 7.11 Å². The Bertz CT molecular complexity index is 591. The molecule has 2 rings (SSSR count). The number of halogens is 1. The first-order valence-corrected chi connectivity index (χ1v) is 5.63. The Morgan fingerprint density at radius 3 is 2.89 bits per heavy atom. The number of aromatic nitrogens is 1. The van der Waals surface area contributed by atoms with Crippen LogP contribution in [0.3, 0.4) is 0 Å². The van der Waals surface area contributed by atoms with Crippen LogP contribution in [0.15, 0.2) is 24.3 Å². The Kier molecular flexibility index (Phi) is 3.34. The van der Waals surface area contributed by atoms with Gasteiger partial charge in [-0.05, 0) is 19.1 Å². The monoisotopic (exact) mass is 251 g/mol. The highest BCUT2D eigenvalue weighted by Crippen LogP contribution is 2.27. The number of hydrogen-bond acceptors (Lipinski definition) is 3. The zero-order valence-electron chi connectivity index (χ0n) is 10.2. The van der Waals surface area contributed by atoms with Crippen molar-refractivity contribution in [3.63, 3.8) is 0 Å². The van der Waals surface area contributed by atoms with E-state index >= 15 is 0 Å². The van der Waals surface area contributed by atoms with Crippen LogP contribution in [0.4, 0.5) is 4.39 Å². The molecule has 5 heteroatoms. The predicted octanol–water partition coefficient (Wildman–Crippen LogP) is 2.01. The lowest BCUT2D eigenvalue weighted by atomic mass is 10.2. The highest BCUT2D eigenvalue weighted by molar-refractivity contribution is 5.85. The maximum atomic E-state index is 13.8.